The lowest BCUT2D eigenvalue weighted by molar-refractivity contribution is -0.158. The fourth-order valence-electron chi connectivity index (χ4n) is 5.60. The number of piperazine rings is 1. The SMILES string of the molecule is CCOC(=O)C(C)(C)Oc1ccccc1N1CCN(CCC(C(=O)N(C)C)(c2ccccc2)c2ccccc2)CC1. The lowest BCUT2D eigenvalue weighted by Crippen LogP contribution is -2.50. The van der Waals surface area contributed by atoms with Crippen LogP contribution in [0.1, 0.15) is 38.3 Å². The molecule has 1 aliphatic rings. The van der Waals surface area contributed by atoms with Gasteiger partial charge in [-0.3, -0.25) is 9.69 Å². The molecule has 0 N–H and O–H groups in total. The van der Waals surface area contributed by atoms with Crippen molar-refractivity contribution in [2.24, 2.45) is 0 Å². The summed E-state index contributed by atoms with van der Waals surface area (Å²) >= 11 is 0. The minimum Gasteiger partial charge on any atom is -0.474 e. The summed E-state index contributed by atoms with van der Waals surface area (Å²) in [4.78, 5) is 32.9. The summed E-state index contributed by atoms with van der Waals surface area (Å²) in [6.45, 7) is 9.69. The molecule has 0 bridgehead atoms. The van der Waals surface area contributed by atoms with Crippen molar-refractivity contribution in [2.75, 3.05) is 58.3 Å². The van der Waals surface area contributed by atoms with Gasteiger partial charge in [0.25, 0.3) is 0 Å². The van der Waals surface area contributed by atoms with E-state index in [0.717, 1.165) is 49.5 Å². The Bertz CT molecular complexity index is 1250. The van der Waals surface area contributed by atoms with Gasteiger partial charge >= 0.3 is 5.97 Å². The van der Waals surface area contributed by atoms with Crippen molar-refractivity contribution >= 4 is 17.6 Å². The second-order valence-electron chi connectivity index (χ2n) is 11.2. The van der Waals surface area contributed by atoms with Gasteiger partial charge in [-0.15, -0.1) is 0 Å². The zero-order valence-electron chi connectivity index (χ0n) is 25.0. The molecular weight excluding hydrogens is 514 g/mol. The molecule has 3 aromatic carbocycles. The van der Waals surface area contributed by atoms with E-state index < -0.39 is 11.0 Å². The van der Waals surface area contributed by atoms with E-state index in [1.165, 1.54) is 0 Å². The summed E-state index contributed by atoms with van der Waals surface area (Å²) in [6.07, 6.45) is 0.672. The van der Waals surface area contributed by atoms with Crippen LogP contribution in [0.2, 0.25) is 0 Å². The molecule has 0 aliphatic carbocycles. The highest BCUT2D eigenvalue weighted by molar-refractivity contribution is 5.92. The van der Waals surface area contributed by atoms with Gasteiger partial charge in [0.15, 0.2) is 5.60 Å². The summed E-state index contributed by atoms with van der Waals surface area (Å²) in [5, 5.41) is 0. The largest absolute Gasteiger partial charge is 0.474 e. The molecule has 1 amide bonds. The van der Waals surface area contributed by atoms with Crippen molar-refractivity contribution in [1.82, 2.24) is 9.80 Å². The predicted molar refractivity (Wildman–Crippen MR) is 163 cm³/mol. The number of esters is 1. The molecule has 0 atom stereocenters. The van der Waals surface area contributed by atoms with Crippen molar-refractivity contribution in [3.63, 3.8) is 0 Å². The number of benzene rings is 3. The summed E-state index contributed by atoms with van der Waals surface area (Å²) in [5.41, 5.74) is 1.13. The van der Waals surface area contributed by atoms with Gasteiger partial charge < -0.3 is 19.3 Å². The average molecular weight is 558 g/mol. The quantitative estimate of drug-likeness (QED) is 0.310. The van der Waals surface area contributed by atoms with Crippen LogP contribution in [-0.4, -0.2) is 80.7 Å². The van der Waals surface area contributed by atoms with Gasteiger partial charge in [0.1, 0.15) is 11.2 Å². The Balaban J connectivity index is 1.50. The molecule has 3 aromatic rings. The highest BCUT2D eigenvalue weighted by Crippen LogP contribution is 2.38. The van der Waals surface area contributed by atoms with Crippen LogP contribution in [0.4, 0.5) is 5.69 Å². The van der Waals surface area contributed by atoms with E-state index in [4.69, 9.17) is 9.47 Å². The minimum absolute atomic E-state index is 0.0869. The summed E-state index contributed by atoms with van der Waals surface area (Å²) in [6, 6.07) is 28.2. The van der Waals surface area contributed by atoms with E-state index >= 15 is 0 Å². The van der Waals surface area contributed by atoms with Gasteiger partial charge in [-0.1, -0.05) is 72.8 Å². The van der Waals surface area contributed by atoms with E-state index in [1.54, 1.807) is 25.7 Å². The van der Waals surface area contributed by atoms with Gasteiger partial charge in [-0.2, -0.15) is 0 Å². The topological polar surface area (TPSA) is 62.3 Å². The van der Waals surface area contributed by atoms with Crippen LogP contribution in [-0.2, 0) is 19.7 Å². The van der Waals surface area contributed by atoms with E-state index in [2.05, 4.69) is 34.1 Å². The molecule has 1 aliphatic heterocycles. The first-order valence-electron chi connectivity index (χ1n) is 14.4. The number of anilines is 1. The maximum absolute atomic E-state index is 14.0. The summed E-state index contributed by atoms with van der Waals surface area (Å²) in [7, 11) is 3.68. The molecule has 4 rings (SSSR count). The van der Waals surface area contributed by atoms with Gasteiger partial charge in [-0.05, 0) is 57.0 Å². The second kappa shape index (κ2) is 13.2. The number of para-hydroxylation sites is 2. The van der Waals surface area contributed by atoms with Crippen LogP contribution >= 0.6 is 0 Å². The molecule has 1 saturated heterocycles. The van der Waals surface area contributed by atoms with Crippen LogP contribution in [0.3, 0.4) is 0 Å². The van der Waals surface area contributed by atoms with Crippen molar-refractivity contribution in [1.29, 1.82) is 0 Å². The summed E-state index contributed by atoms with van der Waals surface area (Å²) in [5.74, 6) is 0.374. The Kier molecular flexibility index (Phi) is 9.71. The van der Waals surface area contributed by atoms with Crippen LogP contribution in [0.25, 0.3) is 0 Å². The van der Waals surface area contributed by atoms with E-state index in [9.17, 15) is 9.59 Å². The zero-order valence-corrected chi connectivity index (χ0v) is 25.0. The average Bonchev–Trinajstić information content (AvgIpc) is 2.99. The Labute approximate surface area is 244 Å². The molecule has 7 nitrogen and oxygen atoms in total. The maximum atomic E-state index is 14.0. The molecule has 0 spiro atoms. The Hall–Kier alpha value is -3.84. The molecule has 0 unspecified atom stereocenters. The van der Waals surface area contributed by atoms with Crippen molar-refractivity contribution in [3.05, 3.63) is 96.1 Å². The number of rotatable bonds is 11. The van der Waals surface area contributed by atoms with Crippen molar-refractivity contribution in [3.8, 4) is 5.75 Å². The number of nitrogens with zero attached hydrogens (tertiary/aromatic N) is 3. The fraction of sp³-hybridized carbons (Fsp3) is 0.412. The van der Waals surface area contributed by atoms with E-state index in [-0.39, 0.29) is 11.9 Å². The maximum Gasteiger partial charge on any atom is 0.349 e. The second-order valence-corrected chi connectivity index (χ2v) is 11.2. The van der Waals surface area contributed by atoms with Crippen LogP contribution in [0.15, 0.2) is 84.9 Å². The lowest BCUT2D eigenvalue weighted by atomic mass is 9.70. The molecule has 1 heterocycles. The molecule has 1 fully saturated rings. The molecule has 0 saturated carbocycles. The summed E-state index contributed by atoms with van der Waals surface area (Å²) < 4.78 is 11.4. The van der Waals surface area contributed by atoms with Gasteiger partial charge in [0, 0.05) is 40.3 Å². The zero-order chi connectivity index (χ0) is 29.5. The van der Waals surface area contributed by atoms with E-state index in [0.29, 0.717) is 18.8 Å². The third-order valence-corrected chi connectivity index (χ3v) is 7.82. The predicted octanol–water partition coefficient (Wildman–Crippen LogP) is 4.99. The van der Waals surface area contributed by atoms with Crippen LogP contribution in [0.5, 0.6) is 5.75 Å². The molecule has 0 aromatic heterocycles. The first-order valence-corrected chi connectivity index (χ1v) is 14.4. The number of carbonyl (C=O) groups is 2. The standard InChI is InChI=1S/C34H43N3O4/c1-6-40-32(39)33(2,3)41-30-20-14-13-19-29(30)37-25-23-36(24-26-37)22-21-34(31(38)35(4)5,27-15-9-7-10-16-27)28-17-11-8-12-18-28/h7-20H,6,21-26H2,1-5H3. The number of carbonyl (C=O) groups excluding carboxylic acids is 2. The highest BCUT2D eigenvalue weighted by atomic mass is 16.6. The number of ether oxygens (including phenoxy) is 2. The van der Waals surface area contributed by atoms with Gasteiger partial charge in [0.05, 0.1) is 12.3 Å². The fourth-order valence-corrected chi connectivity index (χ4v) is 5.60. The van der Waals surface area contributed by atoms with Crippen molar-refractivity contribution in [2.45, 2.75) is 38.2 Å². The number of hydrogen-bond acceptors (Lipinski definition) is 6. The number of likely N-dealkylation sites (N-methyl/N-ethyl adjacent to an activating group) is 1. The van der Waals surface area contributed by atoms with Crippen LogP contribution in [0, 0.1) is 0 Å². The number of hydrogen-bond donors (Lipinski definition) is 0. The first kappa shape index (κ1) is 30.1. The molecular formula is C34H43N3O4. The third-order valence-electron chi connectivity index (χ3n) is 7.82. The smallest absolute Gasteiger partial charge is 0.349 e. The normalized spacial score (nSPS) is 14.4. The first-order chi connectivity index (χ1) is 19.7. The van der Waals surface area contributed by atoms with Crippen LogP contribution < -0.4 is 9.64 Å². The lowest BCUT2D eigenvalue weighted by Gasteiger charge is -2.40. The Morgan fingerprint density at radius 2 is 1.34 bits per heavy atom. The van der Waals surface area contributed by atoms with Gasteiger partial charge in [-0.25, -0.2) is 4.79 Å². The third kappa shape index (κ3) is 6.73. The molecule has 7 heteroatoms. The van der Waals surface area contributed by atoms with Crippen molar-refractivity contribution < 1.29 is 19.1 Å². The molecule has 41 heavy (non-hydrogen) atoms. The highest BCUT2D eigenvalue weighted by Gasteiger charge is 2.43. The minimum atomic E-state index is -1.09. The monoisotopic (exact) mass is 557 g/mol. The molecule has 0 radical (unpaired) electrons. The Morgan fingerprint density at radius 3 is 1.88 bits per heavy atom. The Morgan fingerprint density at radius 1 is 0.805 bits per heavy atom. The van der Waals surface area contributed by atoms with Gasteiger partial charge in [0.2, 0.25) is 5.91 Å². The molecule has 218 valence electrons. The van der Waals surface area contributed by atoms with E-state index in [1.807, 2.05) is 74.8 Å². The number of amides is 1.